The zero-order chi connectivity index (χ0) is 28.3. The van der Waals surface area contributed by atoms with Crippen molar-refractivity contribution in [1.29, 1.82) is 0 Å². The zero-order valence-electron chi connectivity index (χ0n) is 22.7. The topological polar surface area (TPSA) is 75.7 Å². The molecule has 1 spiro atoms. The highest BCUT2D eigenvalue weighted by Gasteiger charge is 2.70. The lowest BCUT2D eigenvalue weighted by atomic mass is 9.64. The minimum atomic E-state index is -1.34. The summed E-state index contributed by atoms with van der Waals surface area (Å²) in [6, 6.07) is 29.9. The predicted molar refractivity (Wildman–Crippen MR) is 158 cm³/mol. The molecule has 0 saturated carbocycles. The number of anilines is 2. The minimum Gasteiger partial charge on any atom is -0.497 e. The Kier molecular flexibility index (Phi) is 5.68. The van der Waals surface area contributed by atoms with Gasteiger partial charge >= 0.3 is 0 Å². The predicted octanol–water partition coefficient (Wildman–Crippen LogP) is 5.94. The quantitative estimate of drug-likeness (QED) is 0.317. The second-order valence-corrected chi connectivity index (χ2v) is 10.8. The van der Waals surface area contributed by atoms with Crippen molar-refractivity contribution in [3.05, 3.63) is 131 Å². The van der Waals surface area contributed by atoms with Crippen molar-refractivity contribution in [3.8, 4) is 5.75 Å². The summed E-state index contributed by atoms with van der Waals surface area (Å²) >= 11 is 0. The highest BCUT2D eigenvalue weighted by Crippen LogP contribution is 2.58. The minimum absolute atomic E-state index is 0.236. The molecule has 0 bridgehead atoms. The number of carbonyl (C=O) groups is 3. The number of ether oxygens (including phenoxy) is 1. The first-order chi connectivity index (χ1) is 20.0. The summed E-state index contributed by atoms with van der Waals surface area (Å²) in [4.78, 5) is 46.0. The number of hydrogen-bond acceptors (Lipinski definition) is 5. The number of Topliss-reactive ketones (excluding diaryl/α,β-unsaturated/α-hetero) is 2. The number of nitrogens with zero attached hydrogens (tertiary/aromatic N) is 1. The highest BCUT2D eigenvalue weighted by atomic mass is 16.5. The first-order valence-corrected chi connectivity index (χ1v) is 13.7. The fourth-order valence-corrected chi connectivity index (χ4v) is 7.12. The van der Waals surface area contributed by atoms with Gasteiger partial charge in [0.1, 0.15) is 17.2 Å². The van der Waals surface area contributed by atoms with Gasteiger partial charge in [0.05, 0.1) is 19.1 Å². The van der Waals surface area contributed by atoms with Crippen LogP contribution in [-0.2, 0) is 10.2 Å². The number of nitrogens with one attached hydrogen (secondary N) is 1. The highest BCUT2D eigenvalue weighted by molar-refractivity contribution is 6.18. The Balaban J connectivity index is 1.55. The first kappa shape index (κ1) is 25.0. The normalized spacial score (nSPS) is 23.8. The zero-order valence-corrected chi connectivity index (χ0v) is 22.7. The Morgan fingerprint density at radius 1 is 0.829 bits per heavy atom. The third kappa shape index (κ3) is 3.46. The van der Waals surface area contributed by atoms with Crippen molar-refractivity contribution in [1.82, 2.24) is 0 Å². The second-order valence-electron chi connectivity index (χ2n) is 10.8. The van der Waals surface area contributed by atoms with E-state index >= 15 is 0 Å². The summed E-state index contributed by atoms with van der Waals surface area (Å²) in [7, 11) is 1.56. The van der Waals surface area contributed by atoms with Crippen LogP contribution < -0.4 is 15.0 Å². The van der Waals surface area contributed by atoms with Crippen LogP contribution in [0.4, 0.5) is 11.4 Å². The maximum atomic E-state index is 14.8. The van der Waals surface area contributed by atoms with Gasteiger partial charge in [0.2, 0.25) is 5.91 Å². The van der Waals surface area contributed by atoms with Crippen LogP contribution in [0.15, 0.2) is 109 Å². The smallest absolute Gasteiger partial charge is 0.238 e. The standard InChI is InChI=1S/C35H28N2O4/c1-21-19-29-35(26-16-7-8-17-27(26)36-34(35)40)30(32(38)22-11-4-3-5-12-22)31(37(29)28-18-9-6-15-25(21)28)33(39)23-13-10-14-24(20-23)41-2/h3-20,29-31H,1-2H3,(H,36,40)/t29-,30-,31-,35-/m0/s1. The van der Waals surface area contributed by atoms with E-state index in [1.165, 1.54) is 0 Å². The van der Waals surface area contributed by atoms with Crippen molar-refractivity contribution in [2.75, 3.05) is 17.3 Å². The summed E-state index contributed by atoms with van der Waals surface area (Å²) in [6.07, 6.45) is 2.06. The van der Waals surface area contributed by atoms with E-state index in [9.17, 15) is 14.4 Å². The molecule has 0 unspecified atom stereocenters. The van der Waals surface area contributed by atoms with Gasteiger partial charge < -0.3 is 15.0 Å². The van der Waals surface area contributed by atoms with Gasteiger partial charge in [0.25, 0.3) is 0 Å². The molecule has 7 rings (SSSR count). The third-order valence-corrected chi connectivity index (χ3v) is 8.85. The number of allylic oxidation sites excluding steroid dienone is 1. The van der Waals surface area contributed by atoms with Crippen molar-refractivity contribution in [2.24, 2.45) is 5.92 Å². The average Bonchev–Trinajstić information content (AvgIpc) is 3.49. The van der Waals surface area contributed by atoms with Crippen LogP contribution in [0.1, 0.15) is 38.8 Å². The number of benzene rings is 4. The molecular formula is C35H28N2O4. The summed E-state index contributed by atoms with van der Waals surface area (Å²) in [6.45, 7) is 2.02. The number of carbonyl (C=O) groups excluding carboxylic acids is 3. The molecule has 0 aliphatic carbocycles. The van der Waals surface area contributed by atoms with Crippen molar-refractivity contribution in [2.45, 2.75) is 24.4 Å². The van der Waals surface area contributed by atoms with E-state index in [1.54, 1.807) is 43.5 Å². The molecule has 3 heterocycles. The molecule has 1 fully saturated rings. The molecule has 4 atom stereocenters. The van der Waals surface area contributed by atoms with Gasteiger partial charge in [-0.25, -0.2) is 0 Å². The van der Waals surface area contributed by atoms with Crippen LogP contribution in [0.5, 0.6) is 5.75 Å². The van der Waals surface area contributed by atoms with Crippen molar-refractivity contribution in [3.63, 3.8) is 0 Å². The molecule has 1 amide bonds. The van der Waals surface area contributed by atoms with Crippen LogP contribution in [0, 0.1) is 5.92 Å². The van der Waals surface area contributed by atoms with Crippen molar-refractivity contribution >= 4 is 34.4 Å². The van der Waals surface area contributed by atoms with Crippen LogP contribution in [0.2, 0.25) is 0 Å². The first-order valence-electron chi connectivity index (χ1n) is 13.7. The summed E-state index contributed by atoms with van der Waals surface area (Å²) in [5, 5.41) is 3.08. The molecule has 202 valence electrons. The molecule has 1 N–H and O–H groups in total. The molecule has 6 heteroatoms. The Labute approximate surface area is 238 Å². The van der Waals surface area contributed by atoms with Gasteiger partial charge in [-0.15, -0.1) is 0 Å². The summed E-state index contributed by atoms with van der Waals surface area (Å²) in [5.74, 6) is -1.21. The summed E-state index contributed by atoms with van der Waals surface area (Å²) in [5.41, 5.74) is 3.76. The molecule has 0 radical (unpaired) electrons. The fraction of sp³-hybridized carbons (Fsp3) is 0.171. The van der Waals surface area contributed by atoms with E-state index in [2.05, 4.69) is 11.4 Å². The van der Waals surface area contributed by atoms with Gasteiger partial charge in [-0.1, -0.05) is 84.9 Å². The summed E-state index contributed by atoms with van der Waals surface area (Å²) < 4.78 is 5.44. The number of para-hydroxylation sites is 2. The average molecular weight is 541 g/mol. The monoisotopic (exact) mass is 540 g/mol. The van der Waals surface area contributed by atoms with Gasteiger partial charge in [0, 0.05) is 28.1 Å². The van der Waals surface area contributed by atoms with Gasteiger partial charge in [-0.3, -0.25) is 14.4 Å². The SMILES string of the molecule is COc1cccc(C(=O)[C@@H]2[C@@H](C(=O)c3ccccc3)[C@@]3(C(=O)Nc4ccccc43)[C@@H]3C=C(C)c4ccccc4N23)c1. The maximum Gasteiger partial charge on any atom is 0.238 e. The third-order valence-electron chi connectivity index (χ3n) is 8.85. The molecule has 1 saturated heterocycles. The Morgan fingerprint density at radius 3 is 2.34 bits per heavy atom. The largest absolute Gasteiger partial charge is 0.497 e. The molecule has 4 aromatic carbocycles. The van der Waals surface area contributed by atoms with E-state index in [-0.39, 0.29) is 17.5 Å². The maximum absolute atomic E-state index is 14.8. The molecule has 3 aliphatic heterocycles. The van der Waals surface area contributed by atoms with E-state index in [0.29, 0.717) is 22.6 Å². The lowest BCUT2D eigenvalue weighted by Gasteiger charge is -2.39. The lowest BCUT2D eigenvalue weighted by molar-refractivity contribution is -0.121. The lowest BCUT2D eigenvalue weighted by Crippen LogP contribution is -2.51. The van der Waals surface area contributed by atoms with Gasteiger partial charge in [0.15, 0.2) is 11.6 Å². The molecular weight excluding hydrogens is 512 g/mol. The Hall–Kier alpha value is -4.97. The Morgan fingerprint density at radius 2 is 1.54 bits per heavy atom. The fourth-order valence-electron chi connectivity index (χ4n) is 7.12. The number of amides is 1. The molecule has 3 aliphatic rings. The number of ketones is 2. The molecule has 4 aromatic rings. The van der Waals surface area contributed by atoms with Gasteiger partial charge in [-0.2, -0.15) is 0 Å². The van der Waals surface area contributed by atoms with E-state index in [1.807, 2.05) is 78.6 Å². The van der Waals surface area contributed by atoms with Crippen LogP contribution in [0.25, 0.3) is 5.57 Å². The second kappa shape index (κ2) is 9.30. The van der Waals surface area contributed by atoms with Crippen LogP contribution in [0.3, 0.4) is 0 Å². The van der Waals surface area contributed by atoms with E-state index < -0.39 is 23.4 Å². The number of fused-ring (bicyclic) bond motifs is 6. The number of rotatable bonds is 5. The van der Waals surface area contributed by atoms with Gasteiger partial charge in [-0.05, 0) is 42.3 Å². The number of hydrogen-bond donors (Lipinski definition) is 1. The van der Waals surface area contributed by atoms with E-state index in [4.69, 9.17) is 4.74 Å². The van der Waals surface area contributed by atoms with Crippen LogP contribution >= 0.6 is 0 Å². The van der Waals surface area contributed by atoms with Crippen LogP contribution in [-0.4, -0.2) is 36.7 Å². The Bertz CT molecular complexity index is 1760. The van der Waals surface area contributed by atoms with Crippen molar-refractivity contribution < 1.29 is 19.1 Å². The molecule has 6 nitrogen and oxygen atoms in total. The van der Waals surface area contributed by atoms with E-state index in [0.717, 1.165) is 22.4 Å². The number of methoxy groups -OCH3 is 1. The molecule has 41 heavy (non-hydrogen) atoms. The molecule has 0 aromatic heterocycles.